The minimum absolute atomic E-state index is 0.0214. The fourth-order valence-electron chi connectivity index (χ4n) is 5.73. The van der Waals surface area contributed by atoms with Crippen LogP contribution in [0.1, 0.15) is 41.5 Å². The fraction of sp³-hybridized carbons (Fsp3) is 0.222. The van der Waals surface area contributed by atoms with Crippen molar-refractivity contribution in [2.24, 2.45) is 0 Å². The van der Waals surface area contributed by atoms with Crippen molar-refractivity contribution in [3.8, 4) is 0 Å². The number of anilines is 3. The first-order valence-corrected chi connectivity index (χ1v) is 17.0. The molecular weight excluding hydrogens is 600 g/mol. The van der Waals surface area contributed by atoms with Gasteiger partial charge in [-0.2, -0.15) is 0 Å². The summed E-state index contributed by atoms with van der Waals surface area (Å²) >= 11 is 0. The summed E-state index contributed by atoms with van der Waals surface area (Å²) in [6.07, 6.45) is 3.77. The van der Waals surface area contributed by atoms with E-state index < -0.39 is 21.7 Å². The van der Waals surface area contributed by atoms with Gasteiger partial charge in [-0.1, -0.05) is 79.2 Å². The van der Waals surface area contributed by atoms with Gasteiger partial charge in [0.25, 0.3) is 5.91 Å². The zero-order valence-electron chi connectivity index (χ0n) is 25.4. The van der Waals surface area contributed by atoms with E-state index in [1.807, 2.05) is 60.7 Å². The van der Waals surface area contributed by atoms with Crippen molar-refractivity contribution in [2.75, 3.05) is 34.2 Å². The SMILES string of the molecule is O=C(CS(=O)(=O)Nc1ccc2c(c1)/C(=C(/Nc1ccc(CN3CCCCC3)cc1)c1ccccc1)C(=O)N2)OCc1ccccc1. The van der Waals surface area contributed by atoms with Crippen molar-refractivity contribution < 1.29 is 22.7 Å². The van der Waals surface area contributed by atoms with Gasteiger partial charge in [0.15, 0.2) is 5.75 Å². The summed E-state index contributed by atoms with van der Waals surface area (Å²) in [5.41, 5.74) is 5.87. The molecule has 4 aromatic carbocycles. The van der Waals surface area contributed by atoms with Crippen LogP contribution in [0, 0.1) is 0 Å². The van der Waals surface area contributed by atoms with Gasteiger partial charge in [0.1, 0.15) is 6.61 Å². The number of rotatable bonds is 11. The number of hydrogen-bond donors (Lipinski definition) is 3. The maximum Gasteiger partial charge on any atom is 0.323 e. The molecule has 0 radical (unpaired) electrons. The molecule has 2 aliphatic heterocycles. The van der Waals surface area contributed by atoms with Crippen LogP contribution < -0.4 is 15.4 Å². The summed E-state index contributed by atoms with van der Waals surface area (Å²) in [4.78, 5) is 28.2. The molecule has 0 atom stereocenters. The molecule has 1 saturated heterocycles. The van der Waals surface area contributed by atoms with Crippen molar-refractivity contribution in [2.45, 2.75) is 32.4 Å². The molecule has 1 amide bonds. The number of carbonyl (C=O) groups is 2. The standard InChI is InChI=1S/C36H36N4O5S/c41-33(45-24-27-10-4-1-5-11-27)25-46(43,44)39-30-18-19-32-31(22-30)34(36(42)38-32)35(28-12-6-2-7-13-28)37-29-16-14-26(15-17-29)23-40-20-8-3-9-21-40/h1-2,4-7,10-19,22,37,39H,3,8-9,20-21,23-25H2,(H,38,42)/b35-34-. The Morgan fingerprint density at radius 2 is 1.48 bits per heavy atom. The molecule has 0 spiro atoms. The summed E-state index contributed by atoms with van der Waals surface area (Å²) in [6, 6.07) is 31.6. The van der Waals surface area contributed by atoms with E-state index in [0.717, 1.165) is 36.4 Å². The summed E-state index contributed by atoms with van der Waals surface area (Å²) in [5.74, 6) is -2.03. The van der Waals surface area contributed by atoms with Crippen LogP contribution in [0.5, 0.6) is 0 Å². The molecule has 3 N–H and O–H groups in total. The van der Waals surface area contributed by atoms with Gasteiger partial charge in [0.2, 0.25) is 10.0 Å². The first-order valence-electron chi connectivity index (χ1n) is 15.4. The number of likely N-dealkylation sites (tertiary alicyclic amines) is 1. The number of piperidine rings is 1. The molecule has 2 heterocycles. The molecule has 0 aromatic heterocycles. The largest absolute Gasteiger partial charge is 0.460 e. The van der Waals surface area contributed by atoms with Crippen LogP contribution in [0.3, 0.4) is 0 Å². The lowest BCUT2D eigenvalue weighted by Gasteiger charge is -2.26. The van der Waals surface area contributed by atoms with Crippen molar-refractivity contribution in [1.82, 2.24) is 4.90 Å². The zero-order valence-corrected chi connectivity index (χ0v) is 26.2. The van der Waals surface area contributed by atoms with Gasteiger partial charge in [0.05, 0.1) is 11.3 Å². The summed E-state index contributed by atoms with van der Waals surface area (Å²) in [5, 5.41) is 6.37. The second-order valence-corrected chi connectivity index (χ2v) is 13.2. The monoisotopic (exact) mass is 636 g/mol. The molecule has 0 bridgehead atoms. The van der Waals surface area contributed by atoms with Gasteiger partial charge < -0.3 is 15.4 Å². The summed E-state index contributed by atoms with van der Waals surface area (Å²) in [6.45, 7) is 3.13. The number of nitrogens with one attached hydrogen (secondary N) is 3. The maximum absolute atomic E-state index is 13.4. The van der Waals surface area contributed by atoms with E-state index in [-0.39, 0.29) is 18.2 Å². The molecule has 236 valence electrons. The van der Waals surface area contributed by atoms with Crippen LogP contribution in [0.4, 0.5) is 17.1 Å². The number of sulfonamides is 1. The van der Waals surface area contributed by atoms with Crippen LogP contribution >= 0.6 is 0 Å². The van der Waals surface area contributed by atoms with Crippen molar-refractivity contribution in [3.05, 3.63) is 125 Å². The highest BCUT2D eigenvalue weighted by atomic mass is 32.2. The van der Waals surface area contributed by atoms with Crippen LogP contribution in [-0.4, -0.2) is 44.0 Å². The lowest BCUT2D eigenvalue weighted by Crippen LogP contribution is -2.29. The second-order valence-electron chi connectivity index (χ2n) is 11.5. The quantitative estimate of drug-likeness (QED) is 0.135. The average molecular weight is 637 g/mol. The van der Waals surface area contributed by atoms with Gasteiger partial charge >= 0.3 is 5.97 Å². The first kappa shape index (κ1) is 31.1. The normalized spacial score (nSPS) is 15.9. The average Bonchev–Trinajstić information content (AvgIpc) is 3.39. The van der Waals surface area contributed by atoms with E-state index in [0.29, 0.717) is 22.5 Å². The van der Waals surface area contributed by atoms with Crippen LogP contribution in [0.2, 0.25) is 0 Å². The third-order valence-electron chi connectivity index (χ3n) is 7.98. The Kier molecular flexibility index (Phi) is 9.46. The Morgan fingerprint density at radius 3 is 2.20 bits per heavy atom. The van der Waals surface area contributed by atoms with E-state index in [1.165, 1.54) is 24.8 Å². The summed E-state index contributed by atoms with van der Waals surface area (Å²) in [7, 11) is -4.09. The van der Waals surface area contributed by atoms with E-state index in [4.69, 9.17) is 4.74 Å². The van der Waals surface area contributed by atoms with Gasteiger partial charge in [0, 0.05) is 29.2 Å². The van der Waals surface area contributed by atoms with Crippen LogP contribution in [-0.2, 0) is 37.5 Å². The first-order chi connectivity index (χ1) is 22.3. The lowest BCUT2D eigenvalue weighted by molar-refractivity contribution is -0.141. The van der Waals surface area contributed by atoms with E-state index in [9.17, 15) is 18.0 Å². The maximum atomic E-state index is 13.4. The number of amides is 1. The molecule has 0 saturated carbocycles. The molecule has 4 aromatic rings. The Labute approximate surface area is 269 Å². The van der Waals surface area contributed by atoms with Gasteiger partial charge in [-0.3, -0.25) is 19.2 Å². The highest BCUT2D eigenvalue weighted by Crippen LogP contribution is 2.39. The smallest absolute Gasteiger partial charge is 0.323 e. The van der Waals surface area contributed by atoms with Gasteiger partial charge in [-0.05, 0) is 73.0 Å². The van der Waals surface area contributed by atoms with Crippen molar-refractivity contribution in [1.29, 1.82) is 0 Å². The number of benzene rings is 4. The number of fused-ring (bicyclic) bond motifs is 1. The summed E-state index contributed by atoms with van der Waals surface area (Å²) < 4.78 is 33.4. The molecule has 6 rings (SSSR count). The molecule has 0 aliphatic carbocycles. The molecule has 2 aliphatic rings. The fourth-order valence-corrected chi connectivity index (χ4v) is 6.68. The topological polar surface area (TPSA) is 117 Å². The molecule has 46 heavy (non-hydrogen) atoms. The minimum atomic E-state index is -4.09. The Hall–Kier alpha value is -4.93. The van der Waals surface area contributed by atoms with Crippen LogP contribution in [0.25, 0.3) is 11.3 Å². The van der Waals surface area contributed by atoms with Crippen LogP contribution in [0.15, 0.2) is 103 Å². The van der Waals surface area contributed by atoms with Gasteiger partial charge in [-0.15, -0.1) is 0 Å². The van der Waals surface area contributed by atoms with Gasteiger partial charge in [-0.25, -0.2) is 8.42 Å². The van der Waals surface area contributed by atoms with Crippen molar-refractivity contribution in [3.63, 3.8) is 0 Å². The van der Waals surface area contributed by atoms with E-state index >= 15 is 0 Å². The highest BCUT2D eigenvalue weighted by molar-refractivity contribution is 7.93. The highest BCUT2D eigenvalue weighted by Gasteiger charge is 2.29. The second kappa shape index (κ2) is 14.0. The molecule has 10 heteroatoms. The van der Waals surface area contributed by atoms with E-state index in [2.05, 4.69) is 32.4 Å². The number of esters is 1. The third-order valence-corrected chi connectivity index (χ3v) is 9.14. The Morgan fingerprint density at radius 1 is 0.804 bits per heavy atom. The number of hydrogen-bond acceptors (Lipinski definition) is 7. The zero-order chi connectivity index (χ0) is 31.9. The predicted molar refractivity (Wildman–Crippen MR) is 181 cm³/mol. The molecule has 1 fully saturated rings. The molecule has 9 nitrogen and oxygen atoms in total. The Bertz CT molecular complexity index is 1840. The number of nitrogens with zero attached hydrogens (tertiary/aromatic N) is 1. The predicted octanol–water partition coefficient (Wildman–Crippen LogP) is 6.09. The third kappa shape index (κ3) is 7.82. The van der Waals surface area contributed by atoms with Crippen molar-refractivity contribution >= 4 is 50.2 Å². The molecule has 0 unspecified atom stereocenters. The Balaban J connectivity index is 1.23. The molecular formula is C36H36N4O5S. The van der Waals surface area contributed by atoms with E-state index in [1.54, 1.807) is 30.3 Å². The number of carbonyl (C=O) groups excluding carboxylic acids is 2. The lowest BCUT2D eigenvalue weighted by atomic mass is 9.99. The minimum Gasteiger partial charge on any atom is -0.460 e. The number of ether oxygens (including phenoxy) is 1.